The molecule has 0 amide bonds. The molecular formula is C24H25N5O3. The fourth-order valence-corrected chi connectivity index (χ4v) is 3.32. The number of nitrogens with one attached hydrogen (secondary N) is 1. The van der Waals surface area contributed by atoms with Gasteiger partial charge in [0.15, 0.2) is 17.3 Å². The fraction of sp³-hybridized carbons (Fsp3) is 0.250. The number of rotatable bonds is 8. The normalized spacial score (nSPS) is 10.8. The first kappa shape index (κ1) is 21.3. The summed E-state index contributed by atoms with van der Waals surface area (Å²) in [6, 6.07) is 11.7. The van der Waals surface area contributed by atoms with Gasteiger partial charge in [0, 0.05) is 36.3 Å². The Bertz CT molecular complexity index is 1200. The van der Waals surface area contributed by atoms with E-state index in [0.29, 0.717) is 29.8 Å². The first-order valence-electron chi connectivity index (χ1n) is 10.3. The van der Waals surface area contributed by atoms with Crippen LogP contribution in [0, 0.1) is 13.8 Å². The maximum absolute atomic E-state index is 5.46. The Morgan fingerprint density at radius 2 is 1.75 bits per heavy atom. The molecule has 0 saturated heterocycles. The van der Waals surface area contributed by atoms with Crippen molar-refractivity contribution in [2.24, 2.45) is 0 Å². The molecule has 0 aliphatic carbocycles. The number of ether oxygens (including phenoxy) is 2. The summed E-state index contributed by atoms with van der Waals surface area (Å²) in [5.74, 6) is 2.57. The summed E-state index contributed by atoms with van der Waals surface area (Å²) in [5.41, 5.74) is 5.23. The smallest absolute Gasteiger partial charge is 0.223 e. The van der Waals surface area contributed by atoms with Crippen molar-refractivity contribution in [3.05, 3.63) is 65.7 Å². The second-order valence-electron chi connectivity index (χ2n) is 7.34. The van der Waals surface area contributed by atoms with Gasteiger partial charge in [-0.25, -0.2) is 9.97 Å². The molecule has 0 aliphatic rings. The highest BCUT2D eigenvalue weighted by Gasteiger charge is 2.16. The summed E-state index contributed by atoms with van der Waals surface area (Å²) in [6.45, 7) is 4.48. The lowest BCUT2D eigenvalue weighted by atomic mass is 10.1. The molecule has 0 bridgehead atoms. The minimum absolute atomic E-state index is 0.529. The molecule has 1 N–H and O–H groups in total. The molecule has 0 fully saturated rings. The van der Waals surface area contributed by atoms with E-state index in [1.807, 2.05) is 50.2 Å². The highest BCUT2D eigenvalue weighted by molar-refractivity contribution is 5.78. The summed E-state index contributed by atoms with van der Waals surface area (Å²) < 4.78 is 16.1. The van der Waals surface area contributed by atoms with Crippen LogP contribution in [-0.2, 0) is 6.42 Å². The van der Waals surface area contributed by atoms with E-state index in [4.69, 9.17) is 19.0 Å². The van der Waals surface area contributed by atoms with Gasteiger partial charge in [0.25, 0.3) is 0 Å². The van der Waals surface area contributed by atoms with E-state index in [-0.39, 0.29) is 0 Å². The number of aryl methyl sites for hydroxylation is 2. The van der Waals surface area contributed by atoms with Gasteiger partial charge < -0.3 is 19.3 Å². The third-order valence-corrected chi connectivity index (χ3v) is 5.01. The maximum Gasteiger partial charge on any atom is 0.223 e. The molecule has 8 nitrogen and oxygen atoms in total. The topological polar surface area (TPSA) is 95.2 Å². The molecule has 4 rings (SSSR count). The van der Waals surface area contributed by atoms with Gasteiger partial charge in [0.2, 0.25) is 5.95 Å². The SMILES string of the molecule is COc1ccc(CCNc2ncc(-c3cc(C)no3)c(-c3ccc(C)nc3)n2)cc1OC. The average molecular weight is 431 g/mol. The predicted molar refractivity (Wildman–Crippen MR) is 122 cm³/mol. The van der Waals surface area contributed by atoms with Crippen molar-refractivity contribution in [2.75, 3.05) is 26.1 Å². The Morgan fingerprint density at radius 3 is 2.44 bits per heavy atom. The Kier molecular flexibility index (Phi) is 6.30. The lowest BCUT2D eigenvalue weighted by molar-refractivity contribution is 0.354. The van der Waals surface area contributed by atoms with Crippen LogP contribution in [0.2, 0.25) is 0 Å². The van der Waals surface area contributed by atoms with Crippen LogP contribution in [0.4, 0.5) is 5.95 Å². The lowest BCUT2D eigenvalue weighted by Gasteiger charge is -2.11. The van der Waals surface area contributed by atoms with Crippen LogP contribution in [0.15, 0.2) is 53.3 Å². The Labute approximate surface area is 186 Å². The van der Waals surface area contributed by atoms with E-state index < -0.39 is 0 Å². The molecule has 8 heteroatoms. The molecule has 0 radical (unpaired) electrons. The summed E-state index contributed by atoms with van der Waals surface area (Å²) in [7, 11) is 3.26. The molecule has 0 atom stereocenters. The first-order chi connectivity index (χ1) is 15.6. The van der Waals surface area contributed by atoms with Gasteiger partial charge in [-0.3, -0.25) is 4.98 Å². The second-order valence-corrected chi connectivity index (χ2v) is 7.34. The molecule has 164 valence electrons. The van der Waals surface area contributed by atoms with E-state index in [0.717, 1.165) is 40.2 Å². The maximum atomic E-state index is 5.46. The highest BCUT2D eigenvalue weighted by atomic mass is 16.5. The summed E-state index contributed by atoms with van der Waals surface area (Å²) >= 11 is 0. The molecule has 4 aromatic rings. The van der Waals surface area contributed by atoms with Crippen LogP contribution >= 0.6 is 0 Å². The van der Waals surface area contributed by atoms with Crippen molar-refractivity contribution in [1.29, 1.82) is 0 Å². The number of nitrogens with zero attached hydrogens (tertiary/aromatic N) is 4. The molecule has 1 aromatic carbocycles. The lowest BCUT2D eigenvalue weighted by Crippen LogP contribution is -2.09. The first-order valence-corrected chi connectivity index (χ1v) is 10.3. The zero-order valence-electron chi connectivity index (χ0n) is 18.5. The van der Waals surface area contributed by atoms with Gasteiger partial charge in [-0.2, -0.15) is 0 Å². The van der Waals surface area contributed by atoms with E-state index in [2.05, 4.69) is 20.4 Å². The van der Waals surface area contributed by atoms with Crippen molar-refractivity contribution in [3.8, 4) is 34.1 Å². The number of anilines is 1. The van der Waals surface area contributed by atoms with Gasteiger partial charge in [-0.05, 0) is 50.1 Å². The molecule has 32 heavy (non-hydrogen) atoms. The van der Waals surface area contributed by atoms with Crippen LogP contribution in [0.5, 0.6) is 11.5 Å². The zero-order chi connectivity index (χ0) is 22.5. The van der Waals surface area contributed by atoms with Crippen LogP contribution in [0.1, 0.15) is 17.0 Å². The van der Waals surface area contributed by atoms with Crippen LogP contribution in [-0.4, -0.2) is 40.9 Å². The molecular weight excluding hydrogens is 406 g/mol. The van der Waals surface area contributed by atoms with E-state index >= 15 is 0 Å². The van der Waals surface area contributed by atoms with Gasteiger partial charge >= 0.3 is 0 Å². The largest absolute Gasteiger partial charge is 0.493 e. The quantitative estimate of drug-likeness (QED) is 0.436. The molecule has 3 heterocycles. The van der Waals surface area contributed by atoms with Crippen LogP contribution < -0.4 is 14.8 Å². The Morgan fingerprint density at radius 1 is 0.906 bits per heavy atom. The summed E-state index contributed by atoms with van der Waals surface area (Å²) in [4.78, 5) is 13.6. The van der Waals surface area contributed by atoms with E-state index in [1.54, 1.807) is 26.6 Å². The van der Waals surface area contributed by atoms with Crippen molar-refractivity contribution >= 4 is 5.95 Å². The third kappa shape index (κ3) is 4.69. The second kappa shape index (κ2) is 9.47. The summed E-state index contributed by atoms with van der Waals surface area (Å²) in [6.07, 6.45) is 4.33. The van der Waals surface area contributed by atoms with E-state index in [9.17, 15) is 0 Å². The zero-order valence-corrected chi connectivity index (χ0v) is 18.5. The van der Waals surface area contributed by atoms with E-state index in [1.165, 1.54) is 0 Å². The van der Waals surface area contributed by atoms with Crippen molar-refractivity contribution in [1.82, 2.24) is 20.1 Å². The molecule has 0 spiro atoms. The minimum Gasteiger partial charge on any atom is -0.493 e. The number of aromatic nitrogens is 4. The number of hydrogen-bond acceptors (Lipinski definition) is 8. The van der Waals surface area contributed by atoms with Crippen molar-refractivity contribution in [2.45, 2.75) is 20.3 Å². The molecule has 0 unspecified atom stereocenters. The molecule has 0 saturated carbocycles. The Hall–Kier alpha value is -3.94. The van der Waals surface area contributed by atoms with Gasteiger partial charge in [0.05, 0.1) is 31.2 Å². The number of hydrogen-bond donors (Lipinski definition) is 1. The number of benzene rings is 1. The summed E-state index contributed by atoms with van der Waals surface area (Å²) in [5, 5.41) is 7.30. The fourth-order valence-electron chi connectivity index (χ4n) is 3.32. The van der Waals surface area contributed by atoms with Crippen LogP contribution in [0.25, 0.3) is 22.6 Å². The van der Waals surface area contributed by atoms with Crippen molar-refractivity contribution < 1.29 is 14.0 Å². The minimum atomic E-state index is 0.529. The number of pyridine rings is 1. The van der Waals surface area contributed by atoms with Gasteiger partial charge in [-0.1, -0.05) is 11.2 Å². The Balaban J connectivity index is 1.56. The van der Waals surface area contributed by atoms with Crippen LogP contribution in [0.3, 0.4) is 0 Å². The van der Waals surface area contributed by atoms with Gasteiger partial charge in [0.1, 0.15) is 0 Å². The predicted octanol–water partition coefficient (Wildman–Crippen LogP) is 4.48. The molecule has 3 aromatic heterocycles. The van der Waals surface area contributed by atoms with Crippen molar-refractivity contribution in [3.63, 3.8) is 0 Å². The standard InChI is InChI=1S/C24H25N5O3/c1-15-5-7-18(13-26-15)23-19(21-11-16(2)29-32-21)14-27-24(28-23)25-10-9-17-6-8-20(30-3)22(12-17)31-4/h5-8,11-14H,9-10H2,1-4H3,(H,25,27,28). The molecule has 0 aliphatic heterocycles. The number of methoxy groups -OCH3 is 2. The third-order valence-electron chi connectivity index (χ3n) is 5.01. The monoisotopic (exact) mass is 431 g/mol. The van der Waals surface area contributed by atoms with Gasteiger partial charge in [-0.15, -0.1) is 0 Å². The highest BCUT2D eigenvalue weighted by Crippen LogP contribution is 2.31. The average Bonchev–Trinajstić information content (AvgIpc) is 3.25.